The van der Waals surface area contributed by atoms with Gasteiger partial charge in [0.1, 0.15) is 0 Å². The van der Waals surface area contributed by atoms with Gasteiger partial charge >= 0.3 is 0 Å². The van der Waals surface area contributed by atoms with E-state index in [1.165, 1.54) is 32.5 Å². The van der Waals surface area contributed by atoms with E-state index >= 15 is 0 Å². The molecule has 12 heavy (non-hydrogen) atoms. The van der Waals surface area contributed by atoms with E-state index in [0.717, 1.165) is 11.7 Å². The van der Waals surface area contributed by atoms with Crippen LogP contribution in [0.2, 0.25) is 0 Å². The molecule has 0 aliphatic rings. The van der Waals surface area contributed by atoms with Crippen LogP contribution in [0.4, 0.5) is 0 Å². The molecule has 1 nitrogen and oxygen atoms in total. The van der Waals surface area contributed by atoms with Crippen molar-refractivity contribution in [2.24, 2.45) is 5.92 Å². The molecule has 0 aromatic heterocycles. The van der Waals surface area contributed by atoms with Gasteiger partial charge in [0.05, 0.1) is 0 Å². The summed E-state index contributed by atoms with van der Waals surface area (Å²) < 4.78 is 0. The Morgan fingerprint density at radius 2 is 1.75 bits per heavy atom. The lowest BCUT2D eigenvalue weighted by molar-refractivity contribution is 0.245. The van der Waals surface area contributed by atoms with Gasteiger partial charge in [-0.3, -0.25) is 0 Å². The van der Waals surface area contributed by atoms with Crippen LogP contribution in [0.3, 0.4) is 0 Å². The fraction of sp³-hybridized carbons (Fsp3) is 1.00. The second-order valence-corrected chi connectivity index (χ2v) is 3.72. The van der Waals surface area contributed by atoms with Gasteiger partial charge in [0, 0.05) is 6.54 Å². The molecule has 1 atom stereocenters. The molecule has 0 radical (unpaired) electrons. The van der Waals surface area contributed by atoms with Crippen LogP contribution in [0.25, 0.3) is 0 Å². The molecule has 0 N–H and O–H groups in total. The van der Waals surface area contributed by atoms with E-state index in [9.17, 15) is 0 Å². The van der Waals surface area contributed by atoms with Crippen molar-refractivity contribution in [2.75, 3.05) is 25.4 Å². The largest absolute Gasteiger partial charge is 0.304 e. The van der Waals surface area contributed by atoms with E-state index in [0.29, 0.717) is 0 Å². The fourth-order valence-electron chi connectivity index (χ4n) is 1.45. The molecule has 1 unspecified atom stereocenters. The molecule has 0 heterocycles. The third kappa shape index (κ3) is 5.04. The van der Waals surface area contributed by atoms with Crippen LogP contribution in [0.1, 0.15) is 33.6 Å². The Hall–Kier alpha value is 0.310. The predicted octanol–water partition coefficient (Wildman–Crippen LogP) is 2.67. The van der Waals surface area contributed by atoms with Gasteiger partial charge in [-0.25, -0.2) is 0 Å². The van der Waals surface area contributed by atoms with Gasteiger partial charge in [0.25, 0.3) is 0 Å². The van der Waals surface area contributed by atoms with E-state index in [-0.39, 0.29) is 0 Å². The molecule has 0 aliphatic heterocycles. The van der Waals surface area contributed by atoms with E-state index in [1.54, 1.807) is 0 Å². The molecule has 74 valence electrons. The highest BCUT2D eigenvalue weighted by Crippen LogP contribution is 2.10. The second-order valence-electron chi connectivity index (χ2n) is 3.27. The van der Waals surface area contributed by atoms with Crippen LogP contribution >= 0.6 is 12.6 Å². The first-order chi connectivity index (χ1) is 5.78. The molecule has 0 bridgehead atoms. The van der Waals surface area contributed by atoms with Crippen molar-refractivity contribution in [3.05, 3.63) is 0 Å². The van der Waals surface area contributed by atoms with Gasteiger partial charge < -0.3 is 4.90 Å². The molecule has 0 aliphatic carbocycles. The molecule has 0 rings (SSSR count). The van der Waals surface area contributed by atoms with Gasteiger partial charge in [0.15, 0.2) is 0 Å². The number of rotatable bonds is 7. The minimum Gasteiger partial charge on any atom is -0.304 e. The smallest absolute Gasteiger partial charge is 0.000962 e. The molecule has 0 saturated carbocycles. The quantitative estimate of drug-likeness (QED) is 0.603. The molecule has 0 spiro atoms. The minimum atomic E-state index is 0.849. The zero-order valence-corrected chi connectivity index (χ0v) is 9.61. The molecular weight excluding hydrogens is 166 g/mol. The predicted molar refractivity (Wildman–Crippen MR) is 60.0 cm³/mol. The first-order valence-electron chi connectivity index (χ1n) is 5.11. The molecular formula is C10H23NS. The van der Waals surface area contributed by atoms with Gasteiger partial charge in [0.2, 0.25) is 0 Å². The standard InChI is InChI=1S/C10H23NS/c1-4-10(7-8-12)9-11(5-2)6-3/h10,12H,4-9H2,1-3H3. The third-order valence-corrected chi connectivity index (χ3v) is 2.78. The van der Waals surface area contributed by atoms with E-state index in [2.05, 4.69) is 38.3 Å². The minimum absolute atomic E-state index is 0.849. The Balaban J connectivity index is 3.65. The Kier molecular flexibility index (Phi) is 8.14. The third-order valence-electron chi connectivity index (χ3n) is 2.53. The summed E-state index contributed by atoms with van der Waals surface area (Å²) in [7, 11) is 0. The maximum absolute atomic E-state index is 4.28. The van der Waals surface area contributed by atoms with Crippen LogP contribution in [0.5, 0.6) is 0 Å². The van der Waals surface area contributed by atoms with E-state index in [1.807, 2.05) is 0 Å². The maximum atomic E-state index is 4.28. The normalized spacial score (nSPS) is 13.8. The van der Waals surface area contributed by atoms with Crippen LogP contribution in [-0.4, -0.2) is 30.3 Å². The van der Waals surface area contributed by atoms with Gasteiger partial charge in [-0.15, -0.1) is 0 Å². The van der Waals surface area contributed by atoms with Crippen LogP contribution in [0.15, 0.2) is 0 Å². The van der Waals surface area contributed by atoms with Crippen molar-refractivity contribution in [3.8, 4) is 0 Å². The Morgan fingerprint density at radius 1 is 1.17 bits per heavy atom. The first-order valence-corrected chi connectivity index (χ1v) is 5.74. The Bertz CT molecular complexity index is 91.8. The highest BCUT2D eigenvalue weighted by Gasteiger charge is 2.08. The van der Waals surface area contributed by atoms with Crippen molar-refractivity contribution in [1.82, 2.24) is 4.90 Å². The molecule has 0 amide bonds. The average Bonchev–Trinajstić information content (AvgIpc) is 2.12. The van der Waals surface area contributed by atoms with Gasteiger partial charge in [-0.05, 0) is 31.2 Å². The number of thiol groups is 1. The summed E-state index contributed by atoms with van der Waals surface area (Å²) >= 11 is 4.28. The lowest BCUT2D eigenvalue weighted by atomic mass is 10.0. The summed E-state index contributed by atoms with van der Waals surface area (Å²) in [4.78, 5) is 2.50. The lowest BCUT2D eigenvalue weighted by Gasteiger charge is -2.23. The maximum Gasteiger partial charge on any atom is 0.000962 e. The van der Waals surface area contributed by atoms with Crippen molar-refractivity contribution in [1.29, 1.82) is 0 Å². The summed E-state index contributed by atoms with van der Waals surface area (Å²) in [5.74, 6) is 1.88. The van der Waals surface area contributed by atoms with Crippen molar-refractivity contribution < 1.29 is 0 Å². The summed E-state index contributed by atoms with van der Waals surface area (Å²) in [6.07, 6.45) is 2.55. The van der Waals surface area contributed by atoms with Crippen molar-refractivity contribution in [2.45, 2.75) is 33.6 Å². The lowest BCUT2D eigenvalue weighted by Crippen LogP contribution is -2.29. The monoisotopic (exact) mass is 189 g/mol. The van der Waals surface area contributed by atoms with Gasteiger partial charge in [-0.2, -0.15) is 12.6 Å². The number of hydrogen-bond acceptors (Lipinski definition) is 2. The van der Waals surface area contributed by atoms with Crippen LogP contribution < -0.4 is 0 Å². The van der Waals surface area contributed by atoms with Crippen molar-refractivity contribution in [3.63, 3.8) is 0 Å². The topological polar surface area (TPSA) is 3.24 Å². The zero-order chi connectivity index (χ0) is 9.40. The second kappa shape index (κ2) is 7.93. The summed E-state index contributed by atoms with van der Waals surface area (Å²) in [5, 5.41) is 0. The average molecular weight is 189 g/mol. The van der Waals surface area contributed by atoms with Crippen LogP contribution in [-0.2, 0) is 0 Å². The fourth-order valence-corrected chi connectivity index (χ4v) is 1.82. The van der Waals surface area contributed by atoms with E-state index in [4.69, 9.17) is 0 Å². The Labute approximate surface area is 82.9 Å². The number of hydrogen-bond donors (Lipinski definition) is 1. The molecule has 0 aromatic carbocycles. The Morgan fingerprint density at radius 3 is 2.08 bits per heavy atom. The van der Waals surface area contributed by atoms with Gasteiger partial charge in [-0.1, -0.05) is 27.2 Å². The summed E-state index contributed by atoms with van der Waals surface area (Å²) in [6.45, 7) is 10.4. The zero-order valence-electron chi connectivity index (χ0n) is 8.71. The first kappa shape index (κ1) is 12.3. The summed E-state index contributed by atoms with van der Waals surface area (Å²) in [5.41, 5.74) is 0. The van der Waals surface area contributed by atoms with Crippen LogP contribution in [0, 0.1) is 5.92 Å². The SMILES string of the molecule is CCC(CCS)CN(CC)CC. The molecule has 0 saturated heterocycles. The van der Waals surface area contributed by atoms with Crippen molar-refractivity contribution >= 4 is 12.6 Å². The highest BCUT2D eigenvalue weighted by atomic mass is 32.1. The molecule has 0 fully saturated rings. The molecule has 0 aromatic rings. The van der Waals surface area contributed by atoms with E-state index < -0.39 is 0 Å². The molecule has 2 heteroatoms. The highest BCUT2D eigenvalue weighted by molar-refractivity contribution is 7.80. The summed E-state index contributed by atoms with van der Waals surface area (Å²) in [6, 6.07) is 0. The number of nitrogens with zero attached hydrogens (tertiary/aromatic N) is 1.